The Morgan fingerprint density at radius 3 is 2.50 bits per heavy atom. The summed E-state index contributed by atoms with van der Waals surface area (Å²) in [5.41, 5.74) is 2.46. The molecule has 1 heterocycles. The molecule has 0 aliphatic carbocycles. The number of hydrogen-bond acceptors (Lipinski definition) is 2. The lowest BCUT2D eigenvalue weighted by atomic mass is 10.1. The van der Waals surface area contributed by atoms with Gasteiger partial charge in [0, 0.05) is 28.2 Å². The molecular weight excluding hydrogens is 395 g/mol. The van der Waals surface area contributed by atoms with Crippen LogP contribution < -0.4 is 10.7 Å². The Morgan fingerprint density at radius 2 is 1.82 bits per heavy atom. The Bertz CT molecular complexity index is 1090. The highest BCUT2D eigenvalue weighted by molar-refractivity contribution is 6.34. The van der Waals surface area contributed by atoms with E-state index in [0.29, 0.717) is 27.8 Å². The molecule has 1 amide bonds. The molecule has 0 aliphatic heterocycles. The second-order valence-corrected chi connectivity index (χ2v) is 7.31. The van der Waals surface area contributed by atoms with E-state index in [1.165, 1.54) is 6.07 Å². The van der Waals surface area contributed by atoms with Crippen LogP contribution in [0.3, 0.4) is 0 Å². The van der Waals surface area contributed by atoms with Gasteiger partial charge < -0.3 is 9.88 Å². The van der Waals surface area contributed by atoms with Gasteiger partial charge in [0.15, 0.2) is 5.43 Å². The summed E-state index contributed by atoms with van der Waals surface area (Å²) in [7, 11) is 0. The van der Waals surface area contributed by atoms with Crippen LogP contribution >= 0.6 is 23.2 Å². The van der Waals surface area contributed by atoms with Gasteiger partial charge in [-0.2, -0.15) is 0 Å². The number of amides is 1. The highest BCUT2D eigenvalue weighted by atomic mass is 35.5. The smallest absolute Gasteiger partial charge is 0.261 e. The average molecular weight is 415 g/mol. The molecule has 3 rings (SSSR count). The predicted octanol–water partition coefficient (Wildman–Crippen LogP) is 5.66. The summed E-state index contributed by atoms with van der Waals surface area (Å²) in [6.45, 7) is 3.85. The molecule has 1 N–H and O–H groups in total. The van der Waals surface area contributed by atoms with Gasteiger partial charge in [0.25, 0.3) is 5.91 Å². The van der Waals surface area contributed by atoms with Crippen LogP contribution in [-0.2, 0) is 6.42 Å². The third kappa shape index (κ3) is 4.13. The molecule has 3 aromatic rings. The van der Waals surface area contributed by atoms with Gasteiger partial charge in [-0.25, -0.2) is 0 Å². The predicted molar refractivity (Wildman–Crippen MR) is 115 cm³/mol. The normalized spacial score (nSPS) is 10.7. The number of anilines is 1. The van der Waals surface area contributed by atoms with E-state index < -0.39 is 5.91 Å². The van der Waals surface area contributed by atoms with E-state index in [4.69, 9.17) is 23.2 Å². The van der Waals surface area contributed by atoms with Crippen LogP contribution in [0, 0.1) is 6.92 Å². The molecule has 0 spiro atoms. The lowest BCUT2D eigenvalue weighted by Crippen LogP contribution is -2.28. The van der Waals surface area contributed by atoms with Crippen molar-refractivity contribution in [1.82, 2.24) is 4.57 Å². The number of carbonyl (C=O) groups is 1. The van der Waals surface area contributed by atoms with E-state index in [9.17, 15) is 9.59 Å². The van der Waals surface area contributed by atoms with E-state index in [1.807, 2.05) is 36.6 Å². The van der Waals surface area contributed by atoms with Gasteiger partial charge in [-0.05, 0) is 43.7 Å². The van der Waals surface area contributed by atoms with Crippen LogP contribution in [-0.4, -0.2) is 10.5 Å². The molecule has 4 nitrogen and oxygen atoms in total. The van der Waals surface area contributed by atoms with Gasteiger partial charge in [-0.3, -0.25) is 9.59 Å². The van der Waals surface area contributed by atoms with Gasteiger partial charge in [-0.1, -0.05) is 54.7 Å². The Morgan fingerprint density at radius 1 is 1.07 bits per heavy atom. The number of nitrogens with zero attached hydrogens (tertiary/aromatic N) is 1. The molecule has 0 bridgehead atoms. The van der Waals surface area contributed by atoms with E-state index in [2.05, 4.69) is 5.32 Å². The van der Waals surface area contributed by atoms with Crippen molar-refractivity contribution in [3.8, 4) is 5.69 Å². The molecule has 0 atom stereocenters. The first-order valence-corrected chi connectivity index (χ1v) is 9.75. The summed E-state index contributed by atoms with van der Waals surface area (Å²) in [6.07, 6.45) is 1.34. The minimum absolute atomic E-state index is 0.118. The lowest BCUT2D eigenvalue weighted by molar-refractivity contribution is 0.102. The minimum atomic E-state index is -0.475. The third-order valence-corrected chi connectivity index (χ3v) is 4.96. The molecule has 0 saturated carbocycles. The van der Waals surface area contributed by atoms with E-state index in [-0.39, 0.29) is 11.0 Å². The minimum Gasteiger partial charge on any atom is -0.320 e. The maximum atomic E-state index is 13.0. The second-order valence-electron chi connectivity index (χ2n) is 6.47. The largest absolute Gasteiger partial charge is 0.320 e. The van der Waals surface area contributed by atoms with E-state index >= 15 is 0 Å². The van der Waals surface area contributed by atoms with Crippen LogP contribution in [0.2, 0.25) is 10.0 Å². The average Bonchev–Trinajstić information content (AvgIpc) is 2.63. The number of rotatable bonds is 5. The van der Waals surface area contributed by atoms with Crippen molar-refractivity contribution in [2.75, 3.05) is 5.32 Å². The van der Waals surface area contributed by atoms with Crippen molar-refractivity contribution in [3.63, 3.8) is 0 Å². The third-order valence-electron chi connectivity index (χ3n) is 4.40. The van der Waals surface area contributed by atoms with Crippen LogP contribution in [0.4, 0.5) is 5.69 Å². The van der Waals surface area contributed by atoms with Gasteiger partial charge in [-0.15, -0.1) is 0 Å². The number of benzene rings is 2. The number of hydrogen-bond donors (Lipinski definition) is 1. The number of halogens is 2. The summed E-state index contributed by atoms with van der Waals surface area (Å²) >= 11 is 12.3. The fourth-order valence-electron chi connectivity index (χ4n) is 3.23. The van der Waals surface area contributed by atoms with Crippen molar-refractivity contribution >= 4 is 34.8 Å². The molecule has 6 heteroatoms. The van der Waals surface area contributed by atoms with Crippen LogP contribution in [0.1, 0.15) is 35.1 Å². The van der Waals surface area contributed by atoms with E-state index in [1.54, 1.807) is 30.3 Å². The number of pyridine rings is 1. The lowest BCUT2D eigenvalue weighted by Gasteiger charge is -2.20. The zero-order chi connectivity index (χ0) is 20.3. The molecule has 28 heavy (non-hydrogen) atoms. The molecule has 2 aromatic carbocycles. The summed E-state index contributed by atoms with van der Waals surface area (Å²) in [6, 6.07) is 15.7. The summed E-state index contributed by atoms with van der Waals surface area (Å²) in [5.74, 6) is -0.475. The molecule has 0 aliphatic rings. The van der Waals surface area contributed by atoms with Gasteiger partial charge in [0.1, 0.15) is 5.56 Å². The number of nitrogens with one attached hydrogen (secondary N) is 1. The second kappa shape index (κ2) is 8.63. The van der Waals surface area contributed by atoms with Gasteiger partial charge in [0.05, 0.1) is 10.7 Å². The summed E-state index contributed by atoms with van der Waals surface area (Å²) in [5, 5.41) is 3.76. The van der Waals surface area contributed by atoms with Crippen LogP contribution in [0.15, 0.2) is 59.4 Å². The van der Waals surface area contributed by atoms with Crippen molar-refractivity contribution < 1.29 is 4.79 Å². The van der Waals surface area contributed by atoms with Gasteiger partial charge >= 0.3 is 0 Å². The molecule has 0 saturated heterocycles. The molecule has 0 unspecified atom stereocenters. The maximum Gasteiger partial charge on any atom is 0.261 e. The zero-order valence-corrected chi connectivity index (χ0v) is 17.1. The van der Waals surface area contributed by atoms with E-state index in [0.717, 1.165) is 17.8 Å². The SMILES string of the molecule is CCCc1c(C(=O)Nc2ccccc2Cl)c(=O)cc(C)n1-c1cccc(Cl)c1. The first kappa shape index (κ1) is 20.2. The fourth-order valence-corrected chi connectivity index (χ4v) is 3.60. The highest BCUT2D eigenvalue weighted by Gasteiger charge is 2.21. The van der Waals surface area contributed by atoms with Crippen molar-refractivity contribution in [1.29, 1.82) is 0 Å². The van der Waals surface area contributed by atoms with Crippen LogP contribution in [0.25, 0.3) is 5.69 Å². The van der Waals surface area contributed by atoms with Crippen molar-refractivity contribution in [2.45, 2.75) is 26.7 Å². The number of aromatic nitrogens is 1. The topological polar surface area (TPSA) is 51.1 Å². The Balaban J connectivity index is 2.18. The molecule has 0 fully saturated rings. The molecule has 144 valence electrons. The monoisotopic (exact) mass is 414 g/mol. The van der Waals surface area contributed by atoms with Gasteiger partial charge in [0.2, 0.25) is 0 Å². The summed E-state index contributed by atoms with van der Waals surface area (Å²) < 4.78 is 1.91. The fraction of sp³-hybridized carbons (Fsp3) is 0.182. The molecule has 0 radical (unpaired) electrons. The molecule has 1 aromatic heterocycles. The highest BCUT2D eigenvalue weighted by Crippen LogP contribution is 2.24. The number of para-hydroxylation sites is 1. The zero-order valence-electron chi connectivity index (χ0n) is 15.6. The maximum absolute atomic E-state index is 13.0. The standard InChI is InChI=1S/C22H20Cl2N2O2/c1-3-7-19-21(22(28)25-18-11-5-4-10-17(18)24)20(27)12-14(2)26(19)16-9-6-8-15(23)13-16/h4-6,8-13H,3,7H2,1-2H3,(H,25,28). The Labute approximate surface area is 173 Å². The Kier molecular flexibility index (Phi) is 6.22. The van der Waals surface area contributed by atoms with Crippen molar-refractivity contribution in [2.24, 2.45) is 0 Å². The van der Waals surface area contributed by atoms with Crippen LogP contribution in [0.5, 0.6) is 0 Å². The summed E-state index contributed by atoms with van der Waals surface area (Å²) in [4.78, 5) is 25.8. The number of carbonyl (C=O) groups excluding carboxylic acids is 1. The number of aryl methyl sites for hydroxylation is 1. The molecular formula is C22H20Cl2N2O2. The first-order valence-electron chi connectivity index (χ1n) is 8.99. The Hall–Kier alpha value is -2.56. The quantitative estimate of drug-likeness (QED) is 0.585. The van der Waals surface area contributed by atoms with Crippen molar-refractivity contribution in [3.05, 3.63) is 91.8 Å². The first-order chi connectivity index (χ1) is 13.4.